The summed E-state index contributed by atoms with van der Waals surface area (Å²) in [5, 5.41) is 29.3. The van der Waals surface area contributed by atoms with Gasteiger partial charge in [-0.15, -0.1) is 5.10 Å². The van der Waals surface area contributed by atoms with Crippen LogP contribution in [0.1, 0.15) is 26.4 Å². The van der Waals surface area contributed by atoms with Gasteiger partial charge in [0.25, 0.3) is 5.91 Å². The van der Waals surface area contributed by atoms with Crippen LogP contribution in [0.2, 0.25) is 0 Å². The van der Waals surface area contributed by atoms with Gasteiger partial charge in [0.1, 0.15) is 12.3 Å². The maximum absolute atomic E-state index is 12.3. The predicted octanol–water partition coefficient (Wildman–Crippen LogP) is -2.26. The Balaban J connectivity index is 1.59. The number of rotatable bonds is 8. The van der Waals surface area contributed by atoms with Gasteiger partial charge >= 0.3 is 13.1 Å². The largest absolute Gasteiger partial charge is 0.547 e. The Bertz CT molecular complexity index is 952. The minimum Gasteiger partial charge on any atom is -0.534 e. The van der Waals surface area contributed by atoms with Crippen LogP contribution in [0.3, 0.4) is 0 Å². The number of fused-ring (bicyclic) bond motifs is 1. The Morgan fingerprint density at radius 1 is 1.40 bits per heavy atom. The van der Waals surface area contributed by atoms with Crippen LogP contribution in [0.4, 0.5) is 0 Å². The molecule has 30 heavy (non-hydrogen) atoms. The molecule has 2 amide bonds. The third-order valence-electron chi connectivity index (χ3n) is 4.16. The highest BCUT2D eigenvalue weighted by Crippen LogP contribution is 2.30. The number of carbonyl (C=O) groups is 3. The zero-order valence-electron chi connectivity index (χ0n) is 15.6. The van der Waals surface area contributed by atoms with Gasteiger partial charge in [-0.2, -0.15) is 0 Å². The standard InChI is InChI=1S/C16H19BN6O7/c18-4-5-29-21-15(25)11-7-23(22-20-11)8-13(24)19-12-6-9-2-1-3-10(16(26)27)14(9)30-17(12)28/h1-3,7,12,28H,4-6,8,18H2,(H,19,24)(H,21,25)(H,26,27)/t12-/m0/s1. The molecule has 0 spiro atoms. The Labute approximate surface area is 170 Å². The van der Waals surface area contributed by atoms with E-state index in [0.29, 0.717) is 5.56 Å². The van der Waals surface area contributed by atoms with Crippen molar-refractivity contribution in [1.29, 1.82) is 0 Å². The molecule has 6 N–H and O–H groups in total. The first-order chi connectivity index (χ1) is 14.4. The van der Waals surface area contributed by atoms with E-state index in [1.807, 2.05) is 0 Å². The van der Waals surface area contributed by atoms with Gasteiger partial charge < -0.3 is 25.8 Å². The molecule has 0 saturated carbocycles. The number of hydrogen-bond acceptors (Lipinski definition) is 9. The molecule has 1 aliphatic heterocycles. The molecule has 1 aromatic carbocycles. The number of nitrogens with one attached hydrogen (secondary N) is 2. The van der Waals surface area contributed by atoms with Crippen molar-refractivity contribution in [2.75, 3.05) is 13.2 Å². The molecular weight excluding hydrogens is 399 g/mol. The lowest BCUT2D eigenvalue weighted by Gasteiger charge is -2.28. The molecule has 158 valence electrons. The highest BCUT2D eigenvalue weighted by Gasteiger charge is 2.37. The van der Waals surface area contributed by atoms with Gasteiger partial charge in [0.2, 0.25) is 5.91 Å². The van der Waals surface area contributed by atoms with Gasteiger partial charge in [0.15, 0.2) is 5.69 Å². The van der Waals surface area contributed by atoms with E-state index in [9.17, 15) is 24.5 Å². The van der Waals surface area contributed by atoms with Crippen molar-refractivity contribution in [3.63, 3.8) is 0 Å². The van der Waals surface area contributed by atoms with Crippen molar-refractivity contribution in [3.8, 4) is 5.75 Å². The van der Waals surface area contributed by atoms with E-state index in [-0.39, 0.29) is 43.1 Å². The van der Waals surface area contributed by atoms with Gasteiger partial charge in [0.05, 0.1) is 24.3 Å². The minimum absolute atomic E-state index is 0.0593. The van der Waals surface area contributed by atoms with Crippen LogP contribution in [0.25, 0.3) is 0 Å². The van der Waals surface area contributed by atoms with Crippen LogP contribution in [0.15, 0.2) is 24.4 Å². The van der Waals surface area contributed by atoms with Crippen LogP contribution in [0.5, 0.6) is 5.75 Å². The molecule has 13 nitrogen and oxygen atoms in total. The summed E-state index contributed by atoms with van der Waals surface area (Å²) in [7, 11) is -1.43. The summed E-state index contributed by atoms with van der Waals surface area (Å²) in [4.78, 5) is 40.2. The molecule has 0 aliphatic carbocycles. The van der Waals surface area contributed by atoms with E-state index >= 15 is 0 Å². The third-order valence-corrected chi connectivity index (χ3v) is 4.16. The monoisotopic (exact) mass is 418 g/mol. The lowest BCUT2D eigenvalue weighted by atomic mass is 9.72. The molecule has 0 radical (unpaired) electrons. The van der Waals surface area contributed by atoms with Gasteiger partial charge in [-0.25, -0.2) is 15.0 Å². The highest BCUT2D eigenvalue weighted by atomic mass is 16.6. The summed E-state index contributed by atoms with van der Waals surface area (Å²) >= 11 is 0. The van der Waals surface area contributed by atoms with Crippen LogP contribution < -0.4 is 21.2 Å². The van der Waals surface area contributed by atoms with Gasteiger partial charge in [-0.1, -0.05) is 17.3 Å². The molecular formula is C16H19BN6O7. The molecule has 2 heterocycles. The Morgan fingerprint density at radius 3 is 2.93 bits per heavy atom. The average molecular weight is 418 g/mol. The number of nitrogens with zero attached hydrogens (tertiary/aromatic N) is 3. The maximum Gasteiger partial charge on any atom is 0.547 e. The summed E-state index contributed by atoms with van der Waals surface area (Å²) < 4.78 is 6.46. The topological polar surface area (TPSA) is 191 Å². The molecule has 0 bridgehead atoms. The van der Waals surface area contributed by atoms with Crippen molar-refractivity contribution in [2.45, 2.75) is 18.9 Å². The molecule has 1 aliphatic rings. The Hall–Kier alpha value is -3.49. The first-order valence-corrected chi connectivity index (χ1v) is 8.90. The van der Waals surface area contributed by atoms with Crippen LogP contribution >= 0.6 is 0 Å². The Kier molecular flexibility index (Phi) is 6.61. The summed E-state index contributed by atoms with van der Waals surface area (Å²) in [6, 6.07) is 4.58. The summed E-state index contributed by atoms with van der Waals surface area (Å²) in [6.45, 7) is 0.0896. The quantitative estimate of drug-likeness (QED) is 0.178. The molecule has 1 atom stereocenters. The van der Waals surface area contributed by atoms with Gasteiger partial charge in [0, 0.05) is 6.54 Å². The molecule has 3 rings (SSSR count). The smallest absolute Gasteiger partial charge is 0.534 e. The zero-order valence-corrected chi connectivity index (χ0v) is 15.6. The number of hydroxylamine groups is 1. The minimum atomic E-state index is -1.43. The Morgan fingerprint density at radius 2 is 2.20 bits per heavy atom. The number of carbonyl (C=O) groups excluding carboxylic acids is 2. The number of benzene rings is 1. The summed E-state index contributed by atoms with van der Waals surface area (Å²) in [5.74, 6) is -3.06. The fourth-order valence-electron chi connectivity index (χ4n) is 2.82. The van der Waals surface area contributed by atoms with E-state index in [4.69, 9.17) is 15.2 Å². The number of nitrogens with two attached hydrogens (primary N) is 1. The second-order valence-electron chi connectivity index (χ2n) is 6.36. The van der Waals surface area contributed by atoms with Gasteiger partial charge in [-0.3, -0.25) is 14.4 Å². The number of amides is 2. The summed E-state index contributed by atoms with van der Waals surface area (Å²) in [6.07, 6.45) is 1.43. The fraction of sp³-hybridized carbons (Fsp3) is 0.312. The summed E-state index contributed by atoms with van der Waals surface area (Å²) in [5.41, 5.74) is 7.79. The molecule has 14 heteroatoms. The molecule has 1 aromatic heterocycles. The first kappa shape index (κ1) is 21.2. The molecule has 0 unspecified atom stereocenters. The van der Waals surface area contributed by atoms with Crippen molar-refractivity contribution >= 4 is 24.9 Å². The van der Waals surface area contributed by atoms with Crippen molar-refractivity contribution in [2.24, 2.45) is 5.73 Å². The normalized spacial score (nSPS) is 15.1. The van der Waals surface area contributed by atoms with E-state index in [0.717, 1.165) is 4.68 Å². The highest BCUT2D eigenvalue weighted by molar-refractivity contribution is 6.47. The number of para-hydroxylation sites is 1. The number of hydrogen-bond donors (Lipinski definition) is 5. The van der Waals surface area contributed by atoms with E-state index in [1.54, 1.807) is 12.1 Å². The molecule has 2 aromatic rings. The predicted molar refractivity (Wildman–Crippen MR) is 100 cm³/mol. The number of carboxylic acid groups (broad SMARTS) is 1. The van der Waals surface area contributed by atoms with Crippen LogP contribution in [0, 0.1) is 0 Å². The van der Waals surface area contributed by atoms with Crippen molar-refractivity contribution in [1.82, 2.24) is 25.8 Å². The number of aromatic carboxylic acids is 1. The van der Waals surface area contributed by atoms with E-state index in [2.05, 4.69) is 21.1 Å². The number of aromatic nitrogens is 3. The molecule has 0 fully saturated rings. The third kappa shape index (κ3) is 4.92. The van der Waals surface area contributed by atoms with Crippen LogP contribution in [-0.4, -0.2) is 69.1 Å². The van der Waals surface area contributed by atoms with E-state index in [1.165, 1.54) is 12.3 Å². The average Bonchev–Trinajstić information content (AvgIpc) is 3.16. The van der Waals surface area contributed by atoms with Crippen molar-refractivity contribution < 1.29 is 34.0 Å². The molecule has 0 saturated heterocycles. The maximum atomic E-state index is 12.3. The lowest BCUT2D eigenvalue weighted by Crippen LogP contribution is -2.53. The van der Waals surface area contributed by atoms with Crippen LogP contribution in [-0.2, 0) is 22.6 Å². The zero-order chi connectivity index (χ0) is 21.7. The van der Waals surface area contributed by atoms with Gasteiger partial charge in [-0.05, 0) is 18.1 Å². The number of carboxylic acids is 1. The lowest BCUT2D eigenvalue weighted by molar-refractivity contribution is -0.122. The first-order valence-electron chi connectivity index (χ1n) is 8.90. The fourth-order valence-corrected chi connectivity index (χ4v) is 2.82. The van der Waals surface area contributed by atoms with Crippen molar-refractivity contribution in [3.05, 3.63) is 41.2 Å². The second kappa shape index (κ2) is 9.34. The van der Waals surface area contributed by atoms with E-state index < -0.39 is 30.8 Å². The second-order valence-corrected chi connectivity index (χ2v) is 6.36. The SMILES string of the molecule is NCCONC(=O)c1cn(CC(=O)N[C@H]2Cc3cccc(C(=O)O)c3OB2O)nn1.